The summed E-state index contributed by atoms with van der Waals surface area (Å²) < 4.78 is 13.0. The number of rotatable bonds is 3. The van der Waals surface area contributed by atoms with Crippen LogP contribution >= 0.6 is 0 Å². The van der Waals surface area contributed by atoms with Gasteiger partial charge in [-0.3, -0.25) is 14.9 Å². The highest BCUT2D eigenvalue weighted by molar-refractivity contribution is 6.37. The molecular formula is C19H13FN2O3. The zero-order chi connectivity index (χ0) is 17.8. The molecular weight excluding hydrogens is 323 g/mol. The van der Waals surface area contributed by atoms with Crippen LogP contribution in [0.1, 0.15) is 5.56 Å². The van der Waals surface area contributed by atoms with Gasteiger partial charge in [0, 0.05) is 0 Å². The summed E-state index contributed by atoms with van der Waals surface area (Å²) in [5, 5.41) is 2.10. The maximum atomic E-state index is 13.0. The summed E-state index contributed by atoms with van der Waals surface area (Å²) in [5.41, 5.74) is 0.889. The van der Waals surface area contributed by atoms with Gasteiger partial charge in [0.25, 0.3) is 11.8 Å². The van der Waals surface area contributed by atoms with Crippen molar-refractivity contribution in [2.24, 2.45) is 0 Å². The summed E-state index contributed by atoms with van der Waals surface area (Å²) in [4.78, 5) is 37.2. The van der Waals surface area contributed by atoms with Gasteiger partial charge in [-0.2, -0.15) is 0 Å². The summed E-state index contributed by atoms with van der Waals surface area (Å²) in [5.74, 6) is -2.03. The van der Waals surface area contributed by atoms with Crippen LogP contribution in [0.2, 0.25) is 0 Å². The van der Waals surface area contributed by atoms with E-state index in [0.717, 1.165) is 22.6 Å². The van der Waals surface area contributed by atoms with Crippen molar-refractivity contribution in [2.45, 2.75) is 0 Å². The van der Waals surface area contributed by atoms with E-state index in [2.05, 4.69) is 5.32 Å². The molecule has 5 nitrogen and oxygen atoms in total. The van der Waals surface area contributed by atoms with E-state index in [0.29, 0.717) is 0 Å². The Balaban J connectivity index is 1.88. The molecule has 4 amide bonds. The number of allylic oxidation sites excluding steroid dienone is 2. The normalized spacial score (nSPS) is 16.6. The van der Waals surface area contributed by atoms with Crippen LogP contribution in [0.25, 0.3) is 6.08 Å². The first-order valence-electron chi connectivity index (χ1n) is 7.45. The van der Waals surface area contributed by atoms with E-state index in [1.54, 1.807) is 12.2 Å². The predicted molar refractivity (Wildman–Crippen MR) is 91.0 cm³/mol. The van der Waals surface area contributed by atoms with Crippen molar-refractivity contribution in [1.29, 1.82) is 0 Å². The molecule has 0 aliphatic carbocycles. The second-order valence-corrected chi connectivity index (χ2v) is 5.23. The monoisotopic (exact) mass is 336 g/mol. The molecule has 25 heavy (non-hydrogen) atoms. The van der Waals surface area contributed by atoms with Crippen molar-refractivity contribution in [1.82, 2.24) is 5.32 Å². The smallest absolute Gasteiger partial charge is 0.273 e. The van der Waals surface area contributed by atoms with Gasteiger partial charge in [0.2, 0.25) is 0 Å². The standard InChI is InChI=1S/C19H13FN2O3/c20-14-9-11-15(12-10-14)22-18(24)16(17(23)21-19(22)25)8-4-7-13-5-2-1-3-6-13/h1-12H,(H,21,23,25)/b7-4+,16-8-. The molecule has 2 aromatic rings. The van der Waals surface area contributed by atoms with E-state index < -0.39 is 23.7 Å². The number of imide groups is 2. The molecule has 0 spiro atoms. The zero-order valence-corrected chi connectivity index (χ0v) is 13.0. The molecule has 1 aliphatic heterocycles. The van der Waals surface area contributed by atoms with Crippen molar-refractivity contribution in [2.75, 3.05) is 4.90 Å². The SMILES string of the molecule is O=C1NC(=O)N(c2ccc(F)cc2)C(=O)/C1=C\C=C\c1ccccc1. The summed E-state index contributed by atoms with van der Waals surface area (Å²) >= 11 is 0. The second-order valence-electron chi connectivity index (χ2n) is 5.23. The lowest BCUT2D eigenvalue weighted by molar-refractivity contribution is -0.122. The first kappa shape index (κ1) is 16.3. The Morgan fingerprint density at radius 1 is 0.920 bits per heavy atom. The van der Waals surface area contributed by atoms with Gasteiger partial charge in [-0.25, -0.2) is 14.1 Å². The third kappa shape index (κ3) is 3.53. The molecule has 0 radical (unpaired) electrons. The molecule has 1 aliphatic rings. The number of hydrogen-bond donors (Lipinski definition) is 1. The number of nitrogens with zero attached hydrogens (tertiary/aromatic N) is 1. The molecule has 2 aromatic carbocycles. The minimum atomic E-state index is -0.870. The quantitative estimate of drug-likeness (QED) is 0.692. The molecule has 1 N–H and O–H groups in total. The van der Waals surface area contributed by atoms with Crippen LogP contribution < -0.4 is 10.2 Å². The van der Waals surface area contributed by atoms with Gasteiger partial charge < -0.3 is 0 Å². The third-order valence-electron chi connectivity index (χ3n) is 3.54. The van der Waals surface area contributed by atoms with E-state index in [4.69, 9.17) is 0 Å². The van der Waals surface area contributed by atoms with Gasteiger partial charge in [0.1, 0.15) is 11.4 Å². The Morgan fingerprint density at radius 2 is 1.60 bits per heavy atom. The number of hydrogen-bond acceptors (Lipinski definition) is 3. The topological polar surface area (TPSA) is 66.5 Å². The van der Waals surface area contributed by atoms with Crippen LogP contribution in [0.3, 0.4) is 0 Å². The first-order valence-corrected chi connectivity index (χ1v) is 7.45. The summed E-state index contributed by atoms with van der Waals surface area (Å²) in [6, 6.07) is 13.3. The molecule has 6 heteroatoms. The van der Waals surface area contributed by atoms with Crippen LogP contribution in [-0.4, -0.2) is 17.8 Å². The molecule has 1 fully saturated rings. The maximum absolute atomic E-state index is 13.0. The number of carbonyl (C=O) groups is 3. The summed E-state index contributed by atoms with van der Waals surface area (Å²) in [6.07, 6.45) is 4.63. The predicted octanol–water partition coefficient (Wildman–Crippen LogP) is 3.05. The zero-order valence-electron chi connectivity index (χ0n) is 13.0. The number of anilines is 1. The summed E-state index contributed by atoms with van der Waals surface area (Å²) in [7, 11) is 0. The van der Waals surface area contributed by atoms with Crippen molar-refractivity contribution < 1.29 is 18.8 Å². The third-order valence-corrected chi connectivity index (χ3v) is 3.54. The number of urea groups is 1. The Kier molecular flexibility index (Phi) is 4.52. The van der Waals surface area contributed by atoms with E-state index >= 15 is 0 Å². The second kappa shape index (κ2) is 6.92. The lowest BCUT2D eigenvalue weighted by atomic mass is 10.1. The number of barbiturate groups is 1. The van der Waals surface area contributed by atoms with E-state index in [9.17, 15) is 18.8 Å². The molecule has 0 bridgehead atoms. The van der Waals surface area contributed by atoms with Gasteiger partial charge in [-0.15, -0.1) is 0 Å². The van der Waals surface area contributed by atoms with E-state index in [1.165, 1.54) is 18.2 Å². The van der Waals surface area contributed by atoms with Gasteiger partial charge in [-0.1, -0.05) is 42.5 Å². The molecule has 0 saturated carbocycles. The number of amides is 4. The van der Waals surface area contributed by atoms with Gasteiger partial charge in [0.05, 0.1) is 5.69 Å². The number of nitrogens with one attached hydrogen (secondary N) is 1. The number of halogens is 1. The van der Waals surface area contributed by atoms with Crippen LogP contribution in [0.15, 0.2) is 72.3 Å². The fraction of sp³-hybridized carbons (Fsp3) is 0. The van der Waals surface area contributed by atoms with Crippen molar-refractivity contribution >= 4 is 29.6 Å². The Morgan fingerprint density at radius 3 is 2.28 bits per heavy atom. The number of benzene rings is 2. The highest BCUT2D eigenvalue weighted by Gasteiger charge is 2.36. The van der Waals surface area contributed by atoms with Gasteiger partial charge in [-0.05, 0) is 35.9 Å². The highest BCUT2D eigenvalue weighted by atomic mass is 19.1. The van der Waals surface area contributed by atoms with Crippen molar-refractivity contribution in [3.8, 4) is 0 Å². The highest BCUT2D eigenvalue weighted by Crippen LogP contribution is 2.20. The maximum Gasteiger partial charge on any atom is 0.335 e. The Labute approximate surface area is 143 Å². The Hall–Kier alpha value is -3.54. The molecule has 0 atom stereocenters. The lowest BCUT2D eigenvalue weighted by Crippen LogP contribution is -2.54. The van der Waals surface area contributed by atoms with E-state index in [1.807, 2.05) is 30.3 Å². The van der Waals surface area contributed by atoms with E-state index in [-0.39, 0.29) is 11.3 Å². The van der Waals surface area contributed by atoms with Crippen molar-refractivity contribution in [3.63, 3.8) is 0 Å². The largest absolute Gasteiger partial charge is 0.335 e. The molecule has 1 heterocycles. The first-order chi connectivity index (χ1) is 12.1. The fourth-order valence-electron chi connectivity index (χ4n) is 2.32. The average molecular weight is 336 g/mol. The molecule has 1 saturated heterocycles. The molecule has 0 unspecified atom stereocenters. The van der Waals surface area contributed by atoms with Crippen LogP contribution in [-0.2, 0) is 9.59 Å². The van der Waals surface area contributed by atoms with Crippen LogP contribution in [0.5, 0.6) is 0 Å². The van der Waals surface area contributed by atoms with Gasteiger partial charge in [0.15, 0.2) is 0 Å². The Bertz CT molecular complexity index is 887. The average Bonchev–Trinajstić information content (AvgIpc) is 2.60. The molecule has 3 rings (SSSR count). The lowest BCUT2D eigenvalue weighted by Gasteiger charge is -2.26. The van der Waals surface area contributed by atoms with Crippen molar-refractivity contribution in [3.05, 3.63) is 83.7 Å². The van der Waals surface area contributed by atoms with Gasteiger partial charge >= 0.3 is 6.03 Å². The molecule has 124 valence electrons. The number of carbonyl (C=O) groups excluding carboxylic acids is 3. The molecule has 0 aromatic heterocycles. The van der Waals surface area contributed by atoms with Crippen LogP contribution in [0.4, 0.5) is 14.9 Å². The minimum absolute atomic E-state index is 0.175. The minimum Gasteiger partial charge on any atom is -0.273 e. The van der Waals surface area contributed by atoms with Crippen LogP contribution in [0, 0.1) is 5.82 Å². The fourth-order valence-corrected chi connectivity index (χ4v) is 2.32. The summed E-state index contributed by atoms with van der Waals surface area (Å²) in [6.45, 7) is 0.